The first-order valence-corrected chi connectivity index (χ1v) is 2.91. The molecule has 0 aromatic heterocycles. The first kappa shape index (κ1) is 15.8. The fourth-order valence-electron chi connectivity index (χ4n) is 0. The van der Waals surface area contributed by atoms with Crippen molar-refractivity contribution in [3.8, 4) is 0 Å². The Labute approximate surface area is 46.3 Å². The molecule has 0 spiro atoms. The minimum Gasteiger partial charge on any atom is -0.269 e. The number of halogens is 1. The van der Waals surface area contributed by atoms with Crippen LogP contribution in [0.2, 0.25) is 0 Å². The van der Waals surface area contributed by atoms with Gasteiger partial charge in [-0.3, -0.25) is 4.70 Å². The Morgan fingerprint density at radius 2 is 1.00 bits per heavy atom. The summed E-state index contributed by atoms with van der Waals surface area (Å²) in [6, 6.07) is 0. The van der Waals surface area contributed by atoms with Gasteiger partial charge in [-0.05, 0) is 0 Å². The summed E-state index contributed by atoms with van der Waals surface area (Å²) in [7, 11) is 0. The SMILES string of the molecule is CC.CCCC.F. The van der Waals surface area contributed by atoms with Crippen molar-refractivity contribution in [2.24, 2.45) is 0 Å². The molecule has 0 heterocycles. The normalized spacial score (nSPS) is 5.14. The van der Waals surface area contributed by atoms with Gasteiger partial charge in [0.15, 0.2) is 0 Å². The van der Waals surface area contributed by atoms with Crippen LogP contribution in [-0.2, 0) is 0 Å². The van der Waals surface area contributed by atoms with Gasteiger partial charge in [-0.15, -0.1) is 0 Å². The van der Waals surface area contributed by atoms with Crippen LogP contribution in [0.15, 0.2) is 0 Å². The number of hydrogen-bond acceptors (Lipinski definition) is 0. The Hall–Kier alpha value is -0.0700. The third-order valence-corrected chi connectivity index (χ3v) is 0.500. The zero-order valence-corrected chi connectivity index (χ0v) is 5.82. The Kier molecular flexibility index (Phi) is 87.2. The van der Waals surface area contributed by atoms with Crippen LogP contribution >= 0.6 is 0 Å². The predicted octanol–water partition coefficient (Wildman–Crippen LogP) is 2.99. The molecule has 0 aliphatic rings. The van der Waals surface area contributed by atoms with E-state index in [0.29, 0.717) is 0 Å². The lowest BCUT2D eigenvalue weighted by atomic mass is 10.4. The molecule has 0 aliphatic carbocycles. The highest BCUT2D eigenvalue weighted by Crippen LogP contribution is 1.76. The van der Waals surface area contributed by atoms with Gasteiger partial charge < -0.3 is 0 Å². The molecule has 0 unspecified atom stereocenters. The molecular weight excluding hydrogens is 91.1 g/mol. The second-order valence-corrected chi connectivity index (χ2v) is 1.000. The van der Waals surface area contributed by atoms with Crippen molar-refractivity contribution in [1.29, 1.82) is 0 Å². The highest BCUT2D eigenvalue weighted by molar-refractivity contribution is 4.12. The van der Waals surface area contributed by atoms with Crippen molar-refractivity contribution in [2.75, 3.05) is 0 Å². The van der Waals surface area contributed by atoms with E-state index in [0.717, 1.165) is 0 Å². The summed E-state index contributed by atoms with van der Waals surface area (Å²) < 4.78 is 0. The summed E-state index contributed by atoms with van der Waals surface area (Å²) in [5, 5.41) is 0. The summed E-state index contributed by atoms with van der Waals surface area (Å²) in [5.74, 6) is 0. The van der Waals surface area contributed by atoms with Crippen molar-refractivity contribution in [1.82, 2.24) is 0 Å². The van der Waals surface area contributed by atoms with Gasteiger partial charge in [0.1, 0.15) is 0 Å². The van der Waals surface area contributed by atoms with E-state index in [2.05, 4.69) is 13.8 Å². The topological polar surface area (TPSA) is 0 Å². The van der Waals surface area contributed by atoms with Crippen LogP contribution in [0.3, 0.4) is 0 Å². The molecule has 0 saturated carbocycles. The van der Waals surface area contributed by atoms with Crippen LogP contribution in [0.25, 0.3) is 0 Å². The molecule has 0 nitrogen and oxygen atoms in total. The standard InChI is InChI=1S/C4H10.C2H6.FH/c1-3-4-2;1-2;/h3-4H2,1-2H3;1-2H3;1H. The van der Waals surface area contributed by atoms with Crippen LogP contribution < -0.4 is 0 Å². The van der Waals surface area contributed by atoms with Gasteiger partial charge in [-0.25, -0.2) is 0 Å². The van der Waals surface area contributed by atoms with Gasteiger partial charge in [-0.2, -0.15) is 0 Å². The van der Waals surface area contributed by atoms with E-state index in [-0.39, 0.29) is 4.70 Å². The molecule has 0 atom stereocenters. The molecule has 7 heavy (non-hydrogen) atoms. The summed E-state index contributed by atoms with van der Waals surface area (Å²) in [4.78, 5) is 0. The lowest BCUT2D eigenvalue weighted by Crippen LogP contribution is -1.47. The molecule has 0 radical (unpaired) electrons. The van der Waals surface area contributed by atoms with E-state index < -0.39 is 0 Å². The van der Waals surface area contributed by atoms with E-state index >= 15 is 0 Å². The fraction of sp³-hybridized carbons (Fsp3) is 1.00. The van der Waals surface area contributed by atoms with Gasteiger partial charge in [0, 0.05) is 0 Å². The summed E-state index contributed by atoms with van der Waals surface area (Å²) in [6.07, 6.45) is 2.64. The molecule has 0 aromatic rings. The Morgan fingerprint density at radius 1 is 0.857 bits per heavy atom. The first-order chi connectivity index (χ1) is 2.91. The fourth-order valence-corrected chi connectivity index (χ4v) is 0. The van der Waals surface area contributed by atoms with Crippen molar-refractivity contribution in [2.45, 2.75) is 40.5 Å². The number of unbranched alkanes of at least 4 members (excludes halogenated alkanes) is 1. The molecular formula is C6H17F. The van der Waals surface area contributed by atoms with Crippen LogP contribution in [0.4, 0.5) is 4.70 Å². The highest BCUT2D eigenvalue weighted by atomic mass is 19.0. The van der Waals surface area contributed by atoms with Gasteiger partial charge in [0.05, 0.1) is 0 Å². The van der Waals surface area contributed by atoms with Crippen LogP contribution in [-0.4, -0.2) is 0 Å². The predicted molar refractivity (Wildman–Crippen MR) is 34.4 cm³/mol. The lowest BCUT2D eigenvalue weighted by Gasteiger charge is -1.68. The molecule has 0 aliphatic heterocycles. The zero-order valence-electron chi connectivity index (χ0n) is 5.82. The molecule has 0 fully saturated rings. The smallest absolute Gasteiger partial charge is 0.0564 e. The Morgan fingerprint density at radius 3 is 1.00 bits per heavy atom. The maximum Gasteiger partial charge on any atom is -0.0564 e. The molecule has 0 saturated heterocycles. The average molecular weight is 108 g/mol. The van der Waals surface area contributed by atoms with Crippen LogP contribution in [0.5, 0.6) is 0 Å². The molecule has 0 aromatic carbocycles. The Balaban J connectivity index is -0.0000000480. The van der Waals surface area contributed by atoms with E-state index in [9.17, 15) is 0 Å². The summed E-state index contributed by atoms with van der Waals surface area (Å²) >= 11 is 0. The summed E-state index contributed by atoms with van der Waals surface area (Å²) in [6.45, 7) is 8.36. The molecule has 1 heteroatoms. The quantitative estimate of drug-likeness (QED) is 0.484. The van der Waals surface area contributed by atoms with Crippen molar-refractivity contribution in [3.05, 3.63) is 0 Å². The second-order valence-electron chi connectivity index (χ2n) is 1.000. The summed E-state index contributed by atoms with van der Waals surface area (Å²) in [5.41, 5.74) is 0. The van der Waals surface area contributed by atoms with Crippen LogP contribution in [0, 0.1) is 0 Å². The molecule has 0 amide bonds. The van der Waals surface area contributed by atoms with Crippen molar-refractivity contribution in [3.63, 3.8) is 0 Å². The molecule has 0 N–H and O–H groups in total. The van der Waals surface area contributed by atoms with Gasteiger partial charge in [0.2, 0.25) is 0 Å². The minimum atomic E-state index is 0. The largest absolute Gasteiger partial charge is 0.269 e. The zero-order chi connectivity index (χ0) is 5.41. The number of hydrogen-bond donors (Lipinski definition) is 0. The first-order valence-electron chi connectivity index (χ1n) is 2.91. The molecule has 48 valence electrons. The van der Waals surface area contributed by atoms with Crippen LogP contribution in [0.1, 0.15) is 40.5 Å². The van der Waals surface area contributed by atoms with Gasteiger partial charge in [-0.1, -0.05) is 40.5 Å². The maximum atomic E-state index is 2.18. The monoisotopic (exact) mass is 108 g/mol. The van der Waals surface area contributed by atoms with E-state index in [4.69, 9.17) is 0 Å². The second kappa shape index (κ2) is 38.7. The minimum absolute atomic E-state index is 0. The highest BCUT2D eigenvalue weighted by Gasteiger charge is 1.56. The lowest BCUT2D eigenvalue weighted by molar-refractivity contribution is 0.886. The van der Waals surface area contributed by atoms with Crippen molar-refractivity contribution < 1.29 is 4.70 Å². The van der Waals surface area contributed by atoms with E-state index in [1.807, 2.05) is 13.8 Å². The van der Waals surface area contributed by atoms with Crippen molar-refractivity contribution >= 4 is 0 Å². The maximum absolute atomic E-state index is 2.18. The van der Waals surface area contributed by atoms with Gasteiger partial charge in [0.25, 0.3) is 0 Å². The molecule has 0 rings (SSSR count). The third kappa shape index (κ3) is 106. The van der Waals surface area contributed by atoms with E-state index in [1.165, 1.54) is 12.8 Å². The third-order valence-electron chi connectivity index (χ3n) is 0.500. The van der Waals surface area contributed by atoms with Gasteiger partial charge >= 0.3 is 0 Å². The van der Waals surface area contributed by atoms with E-state index in [1.54, 1.807) is 0 Å². The average Bonchev–Trinajstić information content (AvgIpc) is 1.72. The number of rotatable bonds is 1. The molecule has 0 bridgehead atoms. The Bertz CT molecular complexity index is 6.14.